The fraction of sp³-hybridized carbons (Fsp3) is 0.645. The summed E-state index contributed by atoms with van der Waals surface area (Å²) in [4.78, 5) is 57.0. The molecule has 41 heavy (non-hydrogen) atoms. The number of hydrogen-bond acceptors (Lipinski definition) is 6. The maximum absolute atomic E-state index is 13.8. The predicted molar refractivity (Wildman–Crippen MR) is 161 cm³/mol. The third-order valence-electron chi connectivity index (χ3n) is 8.40. The molecule has 1 fully saturated rings. The van der Waals surface area contributed by atoms with E-state index in [4.69, 9.17) is 0 Å². The quantitative estimate of drug-likeness (QED) is 0.255. The molecule has 1 saturated heterocycles. The number of non-ortho nitro benzene ring substituents is 1. The number of nitrogens with one attached hydrogen (secondary N) is 1. The van der Waals surface area contributed by atoms with Gasteiger partial charge in [-0.3, -0.25) is 29.4 Å². The summed E-state index contributed by atoms with van der Waals surface area (Å²) in [7, 11) is 1.72. The lowest BCUT2D eigenvalue weighted by atomic mass is 9.95. The second kappa shape index (κ2) is 13.6. The fourth-order valence-electron chi connectivity index (χ4n) is 5.97. The molecule has 1 aromatic rings. The number of rotatable bonds is 10. The first-order valence-electron chi connectivity index (χ1n) is 14.8. The molecule has 10 heteroatoms. The van der Waals surface area contributed by atoms with Crippen molar-refractivity contribution < 1.29 is 19.3 Å². The molecule has 2 aliphatic heterocycles. The number of likely N-dealkylation sites (N-methyl/N-ethyl adjacent to an activating group) is 1. The van der Waals surface area contributed by atoms with Crippen molar-refractivity contribution >= 4 is 29.1 Å². The Morgan fingerprint density at radius 3 is 2.34 bits per heavy atom. The third kappa shape index (κ3) is 7.33. The van der Waals surface area contributed by atoms with Crippen molar-refractivity contribution in [3.05, 3.63) is 45.5 Å². The molecule has 2 heterocycles. The van der Waals surface area contributed by atoms with E-state index in [0.717, 1.165) is 31.4 Å². The van der Waals surface area contributed by atoms with Crippen LogP contribution >= 0.6 is 0 Å². The van der Waals surface area contributed by atoms with Gasteiger partial charge in [-0.05, 0) is 64.0 Å². The SMILES string of the molecule is C/C(=C\[C@H](C(C)C)N(C)C(=O)C(NC(=O)C1CCCCN1C(C)C)C(C)C)C(=O)N1CCc2ccc([N+](=O)[O-])cc21. The van der Waals surface area contributed by atoms with Gasteiger partial charge in [0.2, 0.25) is 11.8 Å². The van der Waals surface area contributed by atoms with Gasteiger partial charge >= 0.3 is 0 Å². The van der Waals surface area contributed by atoms with Gasteiger partial charge < -0.3 is 15.1 Å². The predicted octanol–water partition coefficient (Wildman–Crippen LogP) is 4.32. The van der Waals surface area contributed by atoms with Crippen LogP contribution < -0.4 is 10.2 Å². The van der Waals surface area contributed by atoms with E-state index in [0.29, 0.717) is 24.2 Å². The lowest BCUT2D eigenvalue weighted by molar-refractivity contribution is -0.384. The number of nitro benzene ring substituents is 1. The van der Waals surface area contributed by atoms with Gasteiger partial charge in [0, 0.05) is 37.3 Å². The van der Waals surface area contributed by atoms with E-state index in [1.54, 1.807) is 35.9 Å². The number of nitrogens with zero attached hydrogens (tertiary/aromatic N) is 4. The number of likely N-dealkylation sites (tertiary alicyclic amines) is 1. The molecule has 3 atom stereocenters. The van der Waals surface area contributed by atoms with Gasteiger partial charge in [-0.25, -0.2) is 0 Å². The normalized spacial score (nSPS) is 19.3. The van der Waals surface area contributed by atoms with Crippen LogP contribution in [0.25, 0.3) is 0 Å². The zero-order chi connectivity index (χ0) is 30.6. The van der Waals surface area contributed by atoms with Gasteiger partial charge in [-0.2, -0.15) is 0 Å². The van der Waals surface area contributed by atoms with Crippen LogP contribution in [-0.4, -0.2) is 76.7 Å². The highest BCUT2D eigenvalue weighted by Gasteiger charge is 2.36. The molecule has 0 saturated carbocycles. The zero-order valence-electron chi connectivity index (χ0n) is 25.8. The first-order valence-corrected chi connectivity index (χ1v) is 14.8. The lowest BCUT2D eigenvalue weighted by Gasteiger charge is -2.39. The van der Waals surface area contributed by atoms with Crippen LogP contribution in [0.15, 0.2) is 29.8 Å². The molecule has 3 rings (SSSR count). The van der Waals surface area contributed by atoms with E-state index in [1.807, 2.05) is 27.7 Å². The smallest absolute Gasteiger partial charge is 0.271 e. The molecule has 2 aliphatic rings. The number of carbonyl (C=O) groups is 3. The minimum absolute atomic E-state index is 0.00283. The number of nitro groups is 1. The van der Waals surface area contributed by atoms with E-state index >= 15 is 0 Å². The van der Waals surface area contributed by atoms with Crippen LogP contribution in [0.5, 0.6) is 0 Å². The van der Waals surface area contributed by atoms with Gasteiger partial charge in [0.1, 0.15) is 6.04 Å². The van der Waals surface area contributed by atoms with Gasteiger partial charge in [0.15, 0.2) is 0 Å². The molecule has 0 radical (unpaired) electrons. The maximum Gasteiger partial charge on any atom is 0.271 e. The van der Waals surface area contributed by atoms with Crippen molar-refractivity contribution in [1.29, 1.82) is 0 Å². The minimum Gasteiger partial charge on any atom is -0.343 e. The number of amides is 3. The number of carbonyl (C=O) groups excluding carboxylic acids is 3. The average molecular weight is 570 g/mol. The van der Waals surface area contributed by atoms with Gasteiger partial charge in [0.25, 0.3) is 11.6 Å². The second-order valence-electron chi connectivity index (χ2n) is 12.4. The van der Waals surface area contributed by atoms with E-state index in [1.165, 1.54) is 12.1 Å². The molecule has 2 unspecified atom stereocenters. The Morgan fingerprint density at radius 1 is 1.07 bits per heavy atom. The van der Waals surface area contributed by atoms with E-state index < -0.39 is 17.0 Å². The fourth-order valence-corrected chi connectivity index (χ4v) is 5.97. The standard InChI is InChI=1S/C31H47N5O5/c1-19(2)26(17-22(7)30(38)35-16-14-23-12-13-24(36(40)41)18-27(23)35)33(8)31(39)28(20(3)4)32-29(37)25-11-9-10-15-34(25)21(5)6/h12-13,17-21,25-26,28H,9-11,14-16H2,1-8H3,(H,32,37)/b22-17+/t25?,26-,28?/m1/s1. The molecule has 0 bridgehead atoms. The van der Waals surface area contributed by atoms with Crippen molar-refractivity contribution in [2.75, 3.05) is 25.0 Å². The summed E-state index contributed by atoms with van der Waals surface area (Å²) in [6.07, 6.45) is 5.27. The third-order valence-corrected chi connectivity index (χ3v) is 8.40. The highest BCUT2D eigenvalue weighted by molar-refractivity contribution is 6.06. The maximum atomic E-state index is 13.8. The first kappa shape index (κ1) is 32.2. The van der Waals surface area contributed by atoms with Crippen LogP contribution in [0.4, 0.5) is 11.4 Å². The van der Waals surface area contributed by atoms with Gasteiger partial charge in [-0.1, -0.05) is 46.3 Å². The molecule has 0 aromatic heterocycles. The van der Waals surface area contributed by atoms with Crippen molar-refractivity contribution in [3.8, 4) is 0 Å². The molecule has 0 aliphatic carbocycles. The Hall–Kier alpha value is -3.27. The van der Waals surface area contributed by atoms with E-state index in [2.05, 4.69) is 24.1 Å². The lowest BCUT2D eigenvalue weighted by Crippen LogP contribution is -2.58. The zero-order valence-corrected chi connectivity index (χ0v) is 25.8. The summed E-state index contributed by atoms with van der Waals surface area (Å²) >= 11 is 0. The molecular formula is C31H47N5O5. The first-order chi connectivity index (χ1) is 19.2. The number of benzene rings is 1. The summed E-state index contributed by atoms with van der Waals surface area (Å²) < 4.78 is 0. The topological polar surface area (TPSA) is 116 Å². The Morgan fingerprint density at radius 2 is 1.76 bits per heavy atom. The van der Waals surface area contributed by atoms with Crippen molar-refractivity contribution in [1.82, 2.24) is 15.1 Å². The summed E-state index contributed by atoms with van der Waals surface area (Å²) in [5.41, 5.74) is 1.86. The average Bonchev–Trinajstić information content (AvgIpc) is 3.36. The van der Waals surface area contributed by atoms with Crippen LogP contribution in [0.2, 0.25) is 0 Å². The van der Waals surface area contributed by atoms with Gasteiger partial charge in [-0.15, -0.1) is 0 Å². The van der Waals surface area contributed by atoms with Crippen molar-refractivity contribution in [2.45, 2.75) is 98.3 Å². The van der Waals surface area contributed by atoms with Crippen molar-refractivity contribution in [3.63, 3.8) is 0 Å². The molecule has 0 spiro atoms. The van der Waals surface area contributed by atoms with Crippen LogP contribution in [-0.2, 0) is 20.8 Å². The Kier molecular flexibility index (Phi) is 10.7. The highest BCUT2D eigenvalue weighted by Crippen LogP contribution is 2.33. The molecule has 1 aromatic carbocycles. The molecule has 10 nitrogen and oxygen atoms in total. The second-order valence-corrected chi connectivity index (χ2v) is 12.4. The summed E-state index contributed by atoms with van der Waals surface area (Å²) in [6.45, 7) is 15.1. The van der Waals surface area contributed by atoms with E-state index in [-0.39, 0.29) is 47.3 Å². The molecular weight excluding hydrogens is 522 g/mol. The minimum atomic E-state index is -0.694. The summed E-state index contributed by atoms with van der Waals surface area (Å²) in [5.74, 6) is -0.671. The summed E-state index contributed by atoms with van der Waals surface area (Å²) in [6, 6.07) is 3.53. The number of piperidine rings is 1. The van der Waals surface area contributed by atoms with Crippen LogP contribution in [0, 0.1) is 22.0 Å². The largest absolute Gasteiger partial charge is 0.343 e. The van der Waals surface area contributed by atoms with E-state index in [9.17, 15) is 24.5 Å². The van der Waals surface area contributed by atoms with Crippen molar-refractivity contribution in [2.24, 2.45) is 11.8 Å². The number of hydrogen-bond donors (Lipinski definition) is 1. The Bertz CT molecular complexity index is 1180. The Balaban J connectivity index is 1.80. The molecule has 3 amide bonds. The van der Waals surface area contributed by atoms with Crippen LogP contribution in [0.3, 0.4) is 0 Å². The van der Waals surface area contributed by atoms with Crippen LogP contribution in [0.1, 0.15) is 73.3 Å². The molecule has 1 N–H and O–H groups in total. The monoisotopic (exact) mass is 569 g/mol. The molecule has 226 valence electrons. The van der Waals surface area contributed by atoms with Gasteiger partial charge in [0.05, 0.1) is 22.7 Å². The number of anilines is 1. The number of fused-ring (bicyclic) bond motifs is 1. The Labute approximate surface area is 244 Å². The summed E-state index contributed by atoms with van der Waals surface area (Å²) in [5, 5.41) is 14.4. The highest BCUT2D eigenvalue weighted by atomic mass is 16.6.